The van der Waals surface area contributed by atoms with E-state index < -0.39 is 17.7 Å². The van der Waals surface area contributed by atoms with Crippen molar-refractivity contribution in [3.63, 3.8) is 0 Å². The maximum atomic E-state index is 11.7. The number of alkyl carbamates (subject to hydrolysis) is 1. The number of benzene rings is 1. The van der Waals surface area contributed by atoms with Crippen LogP contribution in [0.25, 0.3) is 0 Å². The topological polar surface area (TPSA) is 102 Å². The summed E-state index contributed by atoms with van der Waals surface area (Å²) in [5.41, 5.74) is 3.89. The van der Waals surface area contributed by atoms with Crippen LogP contribution in [0.3, 0.4) is 0 Å². The molecule has 0 saturated heterocycles. The molecule has 0 bridgehead atoms. The Kier molecular flexibility index (Phi) is 6.68. The van der Waals surface area contributed by atoms with Gasteiger partial charge in [-0.2, -0.15) is 0 Å². The van der Waals surface area contributed by atoms with E-state index in [9.17, 15) is 14.7 Å². The zero-order chi connectivity index (χ0) is 15.7. The van der Waals surface area contributed by atoms with Crippen molar-refractivity contribution in [3.05, 3.63) is 35.9 Å². The molecule has 6 nitrogen and oxygen atoms in total. The molecule has 0 heterocycles. The molecule has 116 valence electrons. The molecular weight excluding hydrogens is 272 g/mol. The normalized spacial score (nSPS) is 13.2. The third kappa shape index (κ3) is 5.83. The average Bonchev–Trinajstić information content (AvgIpc) is 2.46. The number of amides is 2. The zero-order valence-electron chi connectivity index (χ0n) is 12.2. The standard InChI is InChI=1S/C15H22N2O4/c1-2-3-7-10-15(20,13(16)18)17-14(19)21-11-12-8-5-4-6-9-12/h4-6,8-9,20H,2-3,7,10-11H2,1H3,(H2,16,18)(H,17,19). The highest BCUT2D eigenvalue weighted by Gasteiger charge is 2.35. The van der Waals surface area contributed by atoms with Gasteiger partial charge in [-0.05, 0) is 12.0 Å². The summed E-state index contributed by atoms with van der Waals surface area (Å²) in [4.78, 5) is 23.0. The lowest BCUT2D eigenvalue weighted by Gasteiger charge is -2.25. The van der Waals surface area contributed by atoms with Gasteiger partial charge in [-0.25, -0.2) is 4.79 Å². The number of nitrogens with two attached hydrogens (primary N) is 1. The van der Waals surface area contributed by atoms with E-state index in [2.05, 4.69) is 5.32 Å². The maximum Gasteiger partial charge on any atom is 0.410 e. The molecule has 0 aliphatic carbocycles. The summed E-state index contributed by atoms with van der Waals surface area (Å²) >= 11 is 0. The minimum atomic E-state index is -2.07. The fraction of sp³-hybridized carbons (Fsp3) is 0.467. The van der Waals surface area contributed by atoms with Gasteiger partial charge in [0.1, 0.15) is 6.61 Å². The van der Waals surface area contributed by atoms with Gasteiger partial charge in [-0.3, -0.25) is 10.1 Å². The van der Waals surface area contributed by atoms with Crippen LogP contribution in [0.2, 0.25) is 0 Å². The molecule has 0 radical (unpaired) electrons. The minimum Gasteiger partial charge on any atom is -0.445 e. The van der Waals surface area contributed by atoms with Crippen molar-refractivity contribution in [1.82, 2.24) is 5.32 Å². The Labute approximate surface area is 124 Å². The third-order valence-corrected chi connectivity index (χ3v) is 3.07. The van der Waals surface area contributed by atoms with Gasteiger partial charge in [0.25, 0.3) is 5.91 Å². The van der Waals surface area contributed by atoms with Gasteiger partial charge in [0.15, 0.2) is 0 Å². The van der Waals surface area contributed by atoms with Crippen molar-refractivity contribution < 1.29 is 19.4 Å². The van der Waals surface area contributed by atoms with Crippen LogP contribution in [-0.4, -0.2) is 22.8 Å². The van der Waals surface area contributed by atoms with Crippen molar-refractivity contribution in [2.24, 2.45) is 5.73 Å². The summed E-state index contributed by atoms with van der Waals surface area (Å²) in [6.45, 7) is 2.04. The molecule has 0 fully saturated rings. The molecule has 1 unspecified atom stereocenters. The van der Waals surface area contributed by atoms with Gasteiger partial charge in [-0.1, -0.05) is 50.1 Å². The monoisotopic (exact) mass is 294 g/mol. The summed E-state index contributed by atoms with van der Waals surface area (Å²) in [5.74, 6) is -0.990. The number of aliphatic hydroxyl groups is 1. The van der Waals surface area contributed by atoms with Gasteiger partial charge in [0.05, 0.1) is 0 Å². The molecule has 1 aromatic rings. The first-order valence-electron chi connectivity index (χ1n) is 6.99. The van der Waals surface area contributed by atoms with Crippen molar-refractivity contribution in [3.8, 4) is 0 Å². The highest BCUT2D eigenvalue weighted by Crippen LogP contribution is 2.12. The van der Waals surface area contributed by atoms with E-state index in [1.807, 2.05) is 25.1 Å². The smallest absolute Gasteiger partial charge is 0.410 e. The van der Waals surface area contributed by atoms with Gasteiger partial charge in [-0.15, -0.1) is 0 Å². The molecule has 0 saturated carbocycles. The quantitative estimate of drug-likeness (QED) is 0.501. The first-order chi connectivity index (χ1) is 9.98. The van der Waals surface area contributed by atoms with Crippen LogP contribution in [0.4, 0.5) is 4.79 Å². The Morgan fingerprint density at radius 2 is 1.95 bits per heavy atom. The molecule has 0 aromatic heterocycles. The Balaban J connectivity index is 2.50. The number of hydrogen-bond acceptors (Lipinski definition) is 4. The summed E-state index contributed by atoms with van der Waals surface area (Å²) in [6, 6.07) is 9.09. The molecule has 4 N–H and O–H groups in total. The van der Waals surface area contributed by atoms with Crippen LogP contribution in [0.15, 0.2) is 30.3 Å². The van der Waals surface area contributed by atoms with Crippen molar-refractivity contribution in [2.45, 2.75) is 44.9 Å². The number of carbonyl (C=O) groups excluding carboxylic acids is 2. The van der Waals surface area contributed by atoms with E-state index in [4.69, 9.17) is 10.5 Å². The molecule has 0 spiro atoms. The van der Waals surface area contributed by atoms with Gasteiger partial charge >= 0.3 is 6.09 Å². The second-order valence-electron chi connectivity index (χ2n) is 4.87. The van der Waals surface area contributed by atoms with Crippen LogP contribution in [-0.2, 0) is 16.1 Å². The Hall–Kier alpha value is -2.08. The van der Waals surface area contributed by atoms with Crippen molar-refractivity contribution in [1.29, 1.82) is 0 Å². The number of nitrogens with one attached hydrogen (secondary N) is 1. The second kappa shape index (κ2) is 8.26. The molecule has 1 rings (SSSR count). The summed E-state index contributed by atoms with van der Waals surface area (Å²) < 4.78 is 4.96. The first-order valence-corrected chi connectivity index (χ1v) is 6.99. The molecule has 21 heavy (non-hydrogen) atoms. The number of carbonyl (C=O) groups is 2. The Bertz CT molecular complexity index is 464. The molecule has 1 atom stereocenters. The molecule has 6 heteroatoms. The Morgan fingerprint density at radius 1 is 1.29 bits per heavy atom. The number of primary amides is 1. The number of unbranched alkanes of at least 4 members (excludes halogenated alkanes) is 2. The van der Waals surface area contributed by atoms with Gasteiger partial charge in [0, 0.05) is 6.42 Å². The lowest BCUT2D eigenvalue weighted by molar-refractivity contribution is -0.140. The van der Waals surface area contributed by atoms with E-state index in [1.165, 1.54) is 0 Å². The zero-order valence-corrected chi connectivity index (χ0v) is 12.2. The van der Waals surface area contributed by atoms with Crippen LogP contribution in [0, 0.1) is 0 Å². The molecule has 2 amide bonds. The second-order valence-corrected chi connectivity index (χ2v) is 4.87. The van der Waals surface area contributed by atoms with E-state index in [1.54, 1.807) is 12.1 Å². The van der Waals surface area contributed by atoms with Gasteiger partial charge in [0.2, 0.25) is 5.72 Å². The lowest BCUT2D eigenvalue weighted by atomic mass is 10.0. The number of ether oxygens (including phenoxy) is 1. The molecular formula is C15H22N2O4. The minimum absolute atomic E-state index is 0.0521. The van der Waals surface area contributed by atoms with E-state index in [-0.39, 0.29) is 13.0 Å². The molecule has 0 aliphatic heterocycles. The predicted octanol–water partition coefficient (Wildman–Crippen LogP) is 1.67. The van der Waals surface area contributed by atoms with E-state index >= 15 is 0 Å². The molecule has 1 aromatic carbocycles. The van der Waals surface area contributed by atoms with E-state index in [0.717, 1.165) is 18.4 Å². The van der Waals surface area contributed by atoms with Crippen LogP contribution in [0.5, 0.6) is 0 Å². The lowest BCUT2D eigenvalue weighted by Crippen LogP contribution is -2.57. The van der Waals surface area contributed by atoms with Crippen LogP contribution < -0.4 is 11.1 Å². The summed E-state index contributed by atoms with van der Waals surface area (Å²) in [6.07, 6.45) is 1.52. The van der Waals surface area contributed by atoms with Crippen LogP contribution >= 0.6 is 0 Å². The fourth-order valence-electron chi connectivity index (χ4n) is 1.81. The highest BCUT2D eigenvalue weighted by atomic mass is 16.6. The average molecular weight is 294 g/mol. The van der Waals surface area contributed by atoms with Crippen LogP contribution in [0.1, 0.15) is 38.2 Å². The largest absolute Gasteiger partial charge is 0.445 e. The predicted molar refractivity (Wildman–Crippen MR) is 78.0 cm³/mol. The fourth-order valence-corrected chi connectivity index (χ4v) is 1.81. The van der Waals surface area contributed by atoms with Gasteiger partial charge < -0.3 is 15.6 Å². The molecule has 0 aliphatic rings. The summed E-state index contributed by atoms with van der Waals surface area (Å²) in [7, 11) is 0. The first kappa shape index (κ1) is 17.0. The third-order valence-electron chi connectivity index (χ3n) is 3.07. The van der Waals surface area contributed by atoms with E-state index in [0.29, 0.717) is 6.42 Å². The highest BCUT2D eigenvalue weighted by molar-refractivity contribution is 5.86. The maximum absolute atomic E-state index is 11.7. The number of rotatable bonds is 8. The summed E-state index contributed by atoms with van der Waals surface area (Å²) in [5, 5.41) is 12.2. The SMILES string of the molecule is CCCCCC(O)(NC(=O)OCc1ccccc1)C(N)=O. The number of hydrogen-bond donors (Lipinski definition) is 3. The van der Waals surface area contributed by atoms with Crippen molar-refractivity contribution in [2.75, 3.05) is 0 Å². The Morgan fingerprint density at radius 3 is 2.52 bits per heavy atom. The van der Waals surface area contributed by atoms with Crippen molar-refractivity contribution >= 4 is 12.0 Å².